The molecule has 2 heterocycles. The Bertz CT molecular complexity index is 348. The van der Waals surface area contributed by atoms with E-state index in [1.54, 1.807) is 6.07 Å². The number of likely N-dealkylation sites (N-methyl/N-ethyl adjacent to an activating group) is 1. The zero-order valence-electron chi connectivity index (χ0n) is 9.19. The molecule has 0 saturated carbocycles. The quantitative estimate of drug-likeness (QED) is 0.852. The predicted octanol–water partition coefficient (Wildman–Crippen LogP) is 1.44. The lowest BCUT2D eigenvalue weighted by atomic mass is 10.2. The maximum absolute atomic E-state index is 5.67. The van der Waals surface area contributed by atoms with Gasteiger partial charge in [-0.1, -0.05) is 0 Å². The van der Waals surface area contributed by atoms with E-state index in [4.69, 9.17) is 10.5 Å². The van der Waals surface area contributed by atoms with Gasteiger partial charge in [0, 0.05) is 26.3 Å². The fourth-order valence-corrected chi connectivity index (χ4v) is 2.16. The molecule has 6 heteroatoms. The van der Waals surface area contributed by atoms with Crippen molar-refractivity contribution in [3.8, 4) is 0 Å². The van der Waals surface area contributed by atoms with Crippen LogP contribution in [0.3, 0.4) is 0 Å². The summed E-state index contributed by atoms with van der Waals surface area (Å²) in [5, 5.41) is 0. The average Bonchev–Trinajstić information content (AvgIpc) is 2.68. The molecule has 0 aliphatic carbocycles. The molecule has 1 aliphatic rings. The van der Waals surface area contributed by atoms with Crippen molar-refractivity contribution >= 4 is 27.7 Å². The number of nitrogen functional groups attached to an aromatic ring is 1. The van der Waals surface area contributed by atoms with Crippen molar-refractivity contribution in [1.29, 1.82) is 0 Å². The summed E-state index contributed by atoms with van der Waals surface area (Å²) < 4.78 is 6.27. The van der Waals surface area contributed by atoms with Crippen LogP contribution >= 0.6 is 15.9 Å². The Kier molecular flexibility index (Phi) is 3.60. The lowest BCUT2D eigenvalue weighted by molar-refractivity contribution is 0.116. The van der Waals surface area contributed by atoms with Gasteiger partial charge in [0.25, 0.3) is 0 Å². The predicted molar refractivity (Wildman–Crippen MR) is 66.4 cm³/mol. The van der Waals surface area contributed by atoms with Gasteiger partial charge in [0.2, 0.25) is 5.95 Å². The van der Waals surface area contributed by atoms with Crippen LogP contribution in [0.2, 0.25) is 0 Å². The van der Waals surface area contributed by atoms with Crippen molar-refractivity contribution in [3.63, 3.8) is 0 Å². The Balaban J connectivity index is 2.04. The van der Waals surface area contributed by atoms with Gasteiger partial charge in [-0.05, 0) is 28.8 Å². The van der Waals surface area contributed by atoms with Crippen molar-refractivity contribution in [2.24, 2.45) is 0 Å². The molecule has 2 N–H and O–H groups in total. The molecule has 0 amide bonds. The molecule has 5 nitrogen and oxygen atoms in total. The van der Waals surface area contributed by atoms with Crippen LogP contribution in [-0.2, 0) is 4.74 Å². The highest BCUT2D eigenvalue weighted by Crippen LogP contribution is 2.18. The van der Waals surface area contributed by atoms with Crippen LogP contribution in [-0.4, -0.2) is 36.3 Å². The van der Waals surface area contributed by atoms with E-state index < -0.39 is 0 Å². The van der Waals surface area contributed by atoms with Crippen LogP contribution in [0.4, 0.5) is 11.8 Å². The highest BCUT2D eigenvalue weighted by molar-refractivity contribution is 9.10. The number of rotatable bonds is 3. The first-order valence-corrected chi connectivity index (χ1v) is 6.07. The second-order valence-corrected chi connectivity index (χ2v) is 4.74. The van der Waals surface area contributed by atoms with Crippen LogP contribution < -0.4 is 10.6 Å². The van der Waals surface area contributed by atoms with E-state index in [0.29, 0.717) is 16.4 Å². The smallest absolute Gasteiger partial charge is 0.228 e. The number of nitrogens with zero attached hydrogens (tertiary/aromatic N) is 3. The van der Waals surface area contributed by atoms with E-state index in [1.165, 1.54) is 0 Å². The molecule has 1 atom stereocenters. The minimum Gasteiger partial charge on any atom is -0.383 e. The van der Waals surface area contributed by atoms with Crippen molar-refractivity contribution in [2.75, 3.05) is 30.8 Å². The lowest BCUT2D eigenvalue weighted by Crippen LogP contribution is -2.30. The fourth-order valence-electron chi connectivity index (χ4n) is 1.77. The van der Waals surface area contributed by atoms with E-state index in [1.807, 2.05) is 11.9 Å². The molecule has 2 rings (SSSR count). The Morgan fingerprint density at radius 2 is 2.44 bits per heavy atom. The van der Waals surface area contributed by atoms with Crippen LogP contribution in [0.1, 0.15) is 12.8 Å². The molecule has 1 aliphatic heterocycles. The van der Waals surface area contributed by atoms with Gasteiger partial charge in [-0.15, -0.1) is 0 Å². The van der Waals surface area contributed by atoms with Crippen molar-refractivity contribution < 1.29 is 4.74 Å². The molecule has 1 aromatic rings. The van der Waals surface area contributed by atoms with Crippen LogP contribution in [0.25, 0.3) is 0 Å². The Labute approximate surface area is 103 Å². The Morgan fingerprint density at radius 1 is 1.62 bits per heavy atom. The van der Waals surface area contributed by atoms with Crippen molar-refractivity contribution in [1.82, 2.24) is 9.97 Å². The Morgan fingerprint density at radius 3 is 3.06 bits per heavy atom. The van der Waals surface area contributed by atoms with Gasteiger partial charge in [-0.3, -0.25) is 0 Å². The summed E-state index contributed by atoms with van der Waals surface area (Å²) in [6.45, 7) is 1.66. The molecule has 0 radical (unpaired) electrons. The number of hydrogen-bond acceptors (Lipinski definition) is 5. The van der Waals surface area contributed by atoms with Gasteiger partial charge in [-0.25, -0.2) is 4.98 Å². The minimum atomic E-state index is 0.286. The van der Waals surface area contributed by atoms with Crippen LogP contribution in [0, 0.1) is 0 Å². The summed E-state index contributed by atoms with van der Waals surface area (Å²) in [5.74, 6) is 1.10. The second-order valence-electron chi connectivity index (χ2n) is 3.93. The molecule has 0 bridgehead atoms. The maximum Gasteiger partial charge on any atom is 0.228 e. The normalized spacial score (nSPS) is 20.0. The summed E-state index contributed by atoms with van der Waals surface area (Å²) in [6.07, 6.45) is 2.53. The first-order chi connectivity index (χ1) is 7.65. The van der Waals surface area contributed by atoms with Crippen LogP contribution in [0.15, 0.2) is 10.7 Å². The number of anilines is 2. The summed E-state index contributed by atoms with van der Waals surface area (Å²) in [5.41, 5.74) is 5.67. The summed E-state index contributed by atoms with van der Waals surface area (Å²) in [6, 6.07) is 1.68. The van der Waals surface area contributed by atoms with E-state index in [0.717, 1.165) is 26.0 Å². The van der Waals surface area contributed by atoms with Gasteiger partial charge < -0.3 is 15.4 Å². The number of hydrogen-bond donors (Lipinski definition) is 1. The molecule has 1 fully saturated rings. The molecule has 16 heavy (non-hydrogen) atoms. The van der Waals surface area contributed by atoms with Gasteiger partial charge in [0.15, 0.2) is 0 Å². The summed E-state index contributed by atoms with van der Waals surface area (Å²) in [7, 11) is 1.95. The van der Waals surface area contributed by atoms with Crippen LogP contribution in [0.5, 0.6) is 0 Å². The summed E-state index contributed by atoms with van der Waals surface area (Å²) >= 11 is 3.30. The number of halogens is 1. The van der Waals surface area contributed by atoms with Gasteiger partial charge in [-0.2, -0.15) is 4.98 Å². The Hall–Kier alpha value is -0.880. The molecule has 1 unspecified atom stereocenters. The van der Waals surface area contributed by atoms with E-state index in [9.17, 15) is 0 Å². The van der Waals surface area contributed by atoms with Gasteiger partial charge >= 0.3 is 0 Å². The highest BCUT2D eigenvalue weighted by atomic mass is 79.9. The molecular weight excluding hydrogens is 272 g/mol. The number of aromatic nitrogens is 2. The molecule has 1 aromatic heterocycles. The van der Waals surface area contributed by atoms with E-state index >= 15 is 0 Å². The number of ether oxygens (including phenoxy) is 1. The van der Waals surface area contributed by atoms with Crippen molar-refractivity contribution in [3.05, 3.63) is 10.7 Å². The molecule has 88 valence electrons. The van der Waals surface area contributed by atoms with Gasteiger partial charge in [0.05, 0.1) is 6.10 Å². The first-order valence-electron chi connectivity index (χ1n) is 5.28. The summed E-state index contributed by atoms with van der Waals surface area (Å²) in [4.78, 5) is 10.4. The topological polar surface area (TPSA) is 64.3 Å². The third-order valence-corrected chi connectivity index (χ3v) is 2.95. The average molecular weight is 287 g/mol. The minimum absolute atomic E-state index is 0.286. The first kappa shape index (κ1) is 11.6. The third kappa shape index (κ3) is 2.82. The second kappa shape index (κ2) is 4.97. The third-order valence-electron chi connectivity index (χ3n) is 2.55. The number of nitrogens with two attached hydrogens (primary N) is 1. The SMILES string of the molecule is CN(CC1CCCO1)c1nc(N)cc(Br)n1. The molecule has 0 aromatic carbocycles. The lowest BCUT2D eigenvalue weighted by Gasteiger charge is -2.20. The van der Waals surface area contributed by atoms with Crippen molar-refractivity contribution in [2.45, 2.75) is 18.9 Å². The molecule has 0 spiro atoms. The monoisotopic (exact) mass is 286 g/mol. The standard InChI is InChI=1S/C10H15BrN4O/c1-15(6-7-3-2-4-16-7)10-13-8(11)5-9(12)14-10/h5,7H,2-4,6H2,1H3,(H2,12,13,14). The zero-order chi connectivity index (χ0) is 11.5. The highest BCUT2D eigenvalue weighted by Gasteiger charge is 2.18. The fraction of sp³-hybridized carbons (Fsp3) is 0.600. The molecule has 1 saturated heterocycles. The van der Waals surface area contributed by atoms with Gasteiger partial charge in [0.1, 0.15) is 10.4 Å². The van der Waals surface area contributed by atoms with E-state index in [2.05, 4.69) is 25.9 Å². The molecular formula is C10H15BrN4O. The zero-order valence-corrected chi connectivity index (χ0v) is 10.8. The maximum atomic E-state index is 5.67. The largest absolute Gasteiger partial charge is 0.383 e. The van der Waals surface area contributed by atoms with E-state index in [-0.39, 0.29) is 6.10 Å².